The maximum absolute atomic E-state index is 13.6. The van der Waals surface area contributed by atoms with Gasteiger partial charge in [0.2, 0.25) is 5.91 Å². The minimum Gasteiger partial charge on any atom is -0.341 e. The lowest BCUT2D eigenvalue weighted by atomic mass is 9.92. The predicted molar refractivity (Wildman–Crippen MR) is 120 cm³/mol. The van der Waals surface area contributed by atoms with E-state index in [0.717, 1.165) is 57.8 Å². The third-order valence-corrected chi connectivity index (χ3v) is 7.62. The summed E-state index contributed by atoms with van der Waals surface area (Å²) in [5.41, 5.74) is 0.568. The summed E-state index contributed by atoms with van der Waals surface area (Å²) in [6.07, 6.45) is 7.00. The standard InChI is InChI=1S/C24H34ClN3O2/c1-18-10-12-27(13-11-18)24(30)22(19-6-2-3-7-19)26-14-16-28(17-15-26)23(29)20-8-4-5-9-21(20)25/h4-5,8-9,18-19,22H,2-3,6-7,10-17H2,1H3/t22-/m0/s1. The van der Waals surface area contributed by atoms with Crippen molar-refractivity contribution in [3.63, 3.8) is 0 Å². The molecule has 1 atom stereocenters. The molecule has 3 aliphatic rings. The average Bonchev–Trinajstić information content (AvgIpc) is 3.29. The van der Waals surface area contributed by atoms with E-state index in [2.05, 4.69) is 16.7 Å². The number of halogens is 1. The van der Waals surface area contributed by atoms with Crippen LogP contribution in [-0.2, 0) is 4.79 Å². The van der Waals surface area contributed by atoms with Crippen molar-refractivity contribution in [3.05, 3.63) is 34.9 Å². The molecular formula is C24H34ClN3O2. The normalized spacial score (nSPS) is 23.0. The molecular weight excluding hydrogens is 398 g/mol. The lowest BCUT2D eigenvalue weighted by Gasteiger charge is -2.43. The number of piperidine rings is 1. The fraction of sp³-hybridized carbons (Fsp3) is 0.667. The fourth-order valence-electron chi connectivity index (χ4n) is 5.35. The van der Waals surface area contributed by atoms with E-state index in [1.165, 1.54) is 12.8 Å². The third kappa shape index (κ3) is 4.67. The minimum absolute atomic E-state index is 0.00555. The van der Waals surface area contributed by atoms with Crippen molar-refractivity contribution >= 4 is 23.4 Å². The molecule has 4 rings (SSSR count). The molecule has 2 aliphatic heterocycles. The molecule has 1 aliphatic carbocycles. The Labute approximate surface area is 185 Å². The summed E-state index contributed by atoms with van der Waals surface area (Å²) in [7, 11) is 0. The first-order valence-electron chi connectivity index (χ1n) is 11.6. The molecule has 2 saturated heterocycles. The summed E-state index contributed by atoms with van der Waals surface area (Å²) < 4.78 is 0. The summed E-state index contributed by atoms with van der Waals surface area (Å²) in [6.45, 7) is 6.89. The van der Waals surface area contributed by atoms with Crippen LogP contribution in [0.2, 0.25) is 5.02 Å². The Morgan fingerprint density at radius 3 is 2.17 bits per heavy atom. The van der Waals surface area contributed by atoms with E-state index < -0.39 is 0 Å². The highest BCUT2D eigenvalue weighted by Crippen LogP contribution is 2.33. The molecule has 0 spiro atoms. The molecule has 1 aromatic rings. The van der Waals surface area contributed by atoms with E-state index in [4.69, 9.17) is 11.6 Å². The molecule has 0 bridgehead atoms. The van der Waals surface area contributed by atoms with Crippen molar-refractivity contribution in [1.82, 2.24) is 14.7 Å². The molecule has 1 aromatic carbocycles. The number of rotatable bonds is 4. The van der Waals surface area contributed by atoms with E-state index >= 15 is 0 Å². The van der Waals surface area contributed by atoms with Gasteiger partial charge in [0.15, 0.2) is 0 Å². The van der Waals surface area contributed by atoms with Gasteiger partial charge in [-0.25, -0.2) is 0 Å². The van der Waals surface area contributed by atoms with Crippen molar-refractivity contribution in [2.45, 2.75) is 51.5 Å². The Morgan fingerprint density at radius 2 is 1.53 bits per heavy atom. The van der Waals surface area contributed by atoms with Gasteiger partial charge in [0.25, 0.3) is 5.91 Å². The van der Waals surface area contributed by atoms with Gasteiger partial charge in [0.1, 0.15) is 0 Å². The summed E-state index contributed by atoms with van der Waals surface area (Å²) in [4.78, 5) is 32.8. The number of hydrogen-bond donors (Lipinski definition) is 0. The van der Waals surface area contributed by atoms with E-state index in [0.29, 0.717) is 35.5 Å². The smallest absolute Gasteiger partial charge is 0.255 e. The first-order valence-corrected chi connectivity index (χ1v) is 12.0. The van der Waals surface area contributed by atoms with Gasteiger partial charge >= 0.3 is 0 Å². The van der Waals surface area contributed by atoms with Gasteiger partial charge in [0.05, 0.1) is 16.6 Å². The van der Waals surface area contributed by atoms with Crippen molar-refractivity contribution < 1.29 is 9.59 Å². The Morgan fingerprint density at radius 1 is 0.900 bits per heavy atom. The number of likely N-dealkylation sites (tertiary alicyclic amines) is 1. The maximum atomic E-state index is 13.6. The zero-order chi connectivity index (χ0) is 21.1. The van der Waals surface area contributed by atoms with Crippen LogP contribution in [0.3, 0.4) is 0 Å². The number of nitrogens with zero attached hydrogens (tertiary/aromatic N) is 3. The number of carbonyl (C=O) groups is 2. The van der Waals surface area contributed by atoms with Crippen molar-refractivity contribution in [3.8, 4) is 0 Å². The molecule has 6 heteroatoms. The van der Waals surface area contributed by atoms with Gasteiger partial charge in [-0.3, -0.25) is 14.5 Å². The van der Waals surface area contributed by atoms with Crippen LogP contribution in [0.25, 0.3) is 0 Å². The van der Waals surface area contributed by atoms with Crippen LogP contribution in [0.15, 0.2) is 24.3 Å². The van der Waals surface area contributed by atoms with Gasteiger partial charge in [-0.05, 0) is 49.7 Å². The number of hydrogen-bond acceptors (Lipinski definition) is 3. The van der Waals surface area contributed by atoms with Crippen LogP contribution in [-0.4, -0.2) is 71.8 Å². The summed E-state index contributed by atoms with van der Waals surface area (Å²) in [5.74, 6) is 1.51. The maximum Gasteiger partial charge on any atom is 0.255 e. The minimum atomic E-state index is -0.0153. The Kier molecular flexibility index (Phi) is 6.99. The molecule has 0 radical (unpaired) electrons. The number of piperazine rings is 1. The molecule has 164 valence electrons. The second kappa shape index (κ2) is 9.69. The zero-order valence-corrected chi connectivity index (χ0v) is 18.8. The number of carbonyl (C=O) groups excluding carboxylic acids is 2. The Balaban J connectivity index is 1.42. The van der Waals surface area contributed by atoms with Gasteiger partial charge in [-0.15, -0.1) is 0 Å². The average molecular weight is 432 g/mol. The van der Waals surface area contributed by atoms with Crippen LogP contribution in [0.1, 0.15) is 55.8 Å². The first-order chi connectivity index (χ1) is 14.5. The highest BCUT2D eigenvalue weighted by Gasteiger charge is 2.40. The predicted octanol–water partition coefficient (Wildman–Crippen LogP) is 3.92. The molecule has 30 heavy (non-hydrogen) atoms. The topological polar surface area (TPSA) is 43.9 Å². The summed E-state index contributed by atoms with van der Waals surface area (Å²) in [5, 5.41) is 0.503. The van der Waals surface area contributed by atoms with Crippen molar-refractivity contribution in [2.24, 2.45) is 11.8 Å². The van der Waals surface area contributed by atoms with Crippen LogP contribution >= 0.6 is 11.6 Å². The molecule has 5 nitrogen and oxygen atoms in total. The lowest BCUT2D eigenvalue weighted by molar-refractivity contribution is -0.141. The highest BCUT2D eigenvalue weighted by molar-refractivity contribution is 6.33. The number of benzene rings is 1. The molecule has 0 unspecified atom stereocenters. The first kappa shape index (κ1) is 21.6. The van der Waals surface area contributed by atoms with Gasteiger partial charge in [-0.2, -0.15) is 0 Å². The van der Waals surface area contributed by atoms with Gasteiger partial charge in [-0.1, -0.05) is 43.5 Å². The quantitative estimate of drug-likeness (QED) is 0.725. The third-order valence-electron chi connectivity index (χ3n) is 7.29. The fourth-order valence-corrected chi connectivity index (χ4v) is 5.57. The second-order valence-corrected chi connectivity index (χ2v) is 9.71. The van der Waals surface area contributed by atoms with Crippen LogP contribution < -0.4 is 0 Å². The van der Waals surface area contributed by atoms with E-state index in [-0.39, 0.29) is 11.9 Å². The zero-order valence-electron chi connectivity index (χ0n) is 18.1. The van der Waals surface area contributed by atoms with Crippen LogP contribution in [0, 0.1) is 11.8 Å². The monoisotopic (exact) mass is 431 g/mol. The van der Waals surface area contributed by atoms with Crippen LogP contribution in [0.5, 0.6) is 0 Å². The largest absolute Gasteiger partial charge is 0.341 e. The lowest BCUT2D eigenvalue weighted by Crippen LogP contribution is -2.59. The van der Waals surface area contributed by atoms with Gasteiger partial charge < -0.3 is 9.80 Å². The van der Waals surface area contributed by atoms with Crippen molar-refractivity contribution in [1.29, 1.82) is 0 Å². The molecule has 2 amide bonds. The molecule has 2 heterocycles. The van der Waals surface area contributed by atoms with Gasteiger partial charge in [0, 0.05) is 39.3 Å². The highest BCUT2D eigenvalue weighted by atomic mass is 35.5. The van der Waals surface area contributed by atoms with Crippen LogP contribution in [0.4, 0.5) is 0 Å². The second-order valence-electron chi connectivity index (χ2n) is 9.31. The Hall–Kier alpha value is -1.59. The Bertz CT molecular complexity index is 749. The molecule has 3 fully saturated rings. The van der Waals surface area contributed by atoms with E-state index in [1.807, 2.05) is 17.0 Å². The van der Waals surface area contributed by atoms with E-state index in [9.17, 15) is 9.59 Å². The SMILES string of the molecule is CC1CCN(C(=O)[C@H](C2CCCC2)N2CCN(C(=O)c3ccccc3Cl)CC2)CC1. The molecule has 0 aromatic heterocycles. The molecule has 0 N–H and O–H groups in total. The summed E-state index contributed by atoms with van der Waals surface area (Å²) in [6, 6.07) is 7.23. The molecule has 1 saturated carbocycles. The van der Waals surface area contributed by atoms with Crippen molar-refractivity contribution in [2.75, 3.05) is 39.3 Å². The summed E-state index contributed by atoms with van der Waals surface area (Å²) >= 11 is 6.23. The van der Waals surface area contributed by atoms with E-state index in [1.54, 1.807) is 12.1 Å². The number of amides is 2.